The van der Waals surface area contributed by atoms with E-state index >= 15 is 0 Å². The maximum Gasteiger partial charge on any atom is 0.130 e. The molecule has 1 unspecified atom stereocenters. The number of nitrogens with one attached hydrogen (secondary N) is 1. The minimum absolute atomic E-state index is 0.522. The molecule has 2 heterocycles. The standard InChI is InChI=1S/C15H26ClN3S/c1-4-17-13(9-12-5-7-20-8-6-12)10-14-11(2)18-19(3)15(14)16/h12-13,17H,4-10H2,1-3H3. The van der Waals surface area contributed by atoms with Crippen LogP contribution in [0.4, 0.5) is 0 Å². The summed E-state index contributed by atoms with van der Waals surface area (Å²) >= 11 is 8.47. The van der Waals surface area contributed by atoms with Gasteiger partial charge in [-0.1, -0.05) is 18.5 Å². The fourth-order valence-electron chi connectivity index (χ4n) is 3.06. The van der Waals surface area contributed by atoms with Gasteiger partial charge in [0.1, 0.15) is 5.15 Å². The molecule has 1 atom stereocenters. The molecule has 2 rings (SSSR count). The molecule has 0 bridgehead atoms. The van der Waals surface area contributed by atoms with Gasteiger partial charge in [-0.15, -0.1) is 0 Å². The van der Waals surface area contributed by atoms with Gasteiger partial charge in [-0.05, 0) is 56.6 Å². The Balaban J connectivity index is 2.00. The summed E-state index contributed by atoms with van der Waals surface area (Å²) in [4.78, 5) is 0. The van der Waals surface area contributed by atoms with Gasteiger partial charge >= 0.3 is 0 Å². The first-order valence-electron chi connectivity index (χ1n) is 7.60. The molecule has 1 N–H and O–H groups in total. The van der Waals surface area contributed by atoms with Crippen LogP contribution >= 0.6 is 23.4 Å². The van der Waals surface area contributed by atoms with Gasteiger partial charge in [0.15, 0.2) is 0 Å². The van der Waals surface area contributed by atoms with E-state index in [1.807, 2.05) is 7.05 Å². The molecular formula is C15H26ClN3S. The highest BCUT2D eigenvalue weighted by molar-refractivity contribution is 7.99. The molecule has 0 radical (unpaired) electrons. The molecule has 0 amide bonds. The Kier molecular flexibility index (Phi) is 6.24. The summed E-state index contributed by atoms with van der Waals surface area (Å²) < 4.78 is 1.78. The van der Waals surface area contributed by atoms with Crippen molar-refractivity contribution in [3.8, 4) is 0 Å². The topological polar surface area (TPSA) is 29.9 Å². The van der Waals surface area contributed by atoms with Gasteiger partial charge in [-0.2, -0.15) is 16.9 Å². The Bertz CT molecular complexity index is 427. The molecule has 3 nitrogen and oxygen atoms in total. The van der Waals surface area contributed by atoms with E-state index in [9.17, 15) is 0 Å². The minimum atomic E-state index is 0.522. The SMILES string of the molecule is CCNC(Cc1c(C)nn(C)c1Cl)CC1CCSCC1. The second-order valence-corrected chi connectivity index (χ2v) is 7.31. The number of nitrogens with zero attached hydrogens (tertiary/aromatic N) is 2. The number of likely N-dealkylation sites (N-methyl/N-ethyl adjacent to an activating group) is 1. The van der Waals surface area contributed by atoms with E-state index in [0.29, 0.717) is 6.04 Å². The highest BCUT2D eigenvalue weighted by atomic mass is 35.5. The Labute approximate surface area is 131 Å². The zero-order valence-electron chi connectivity index (χ0n) is 12.8. The summed E-state index contributed by atoms with van der Waals surface area (Å²) in [5, 5.41) is 8.86. The lowest BCUT2D eigenvalue weighted by atomic mass is 9.91. The lowest BCUT2D eigenvalue weighted by Crippen LogP contribution is -2.34. The highest BCUT2D eigenvalue weighted by Gasteiger charge is 2.21. The number of hydrogen-bond donors (Lipinski definition) is 1. The van der Waals surface area contributed by atoms with E-state index in [4.69, 9.17) is 11.6 Å². The Hall–Kier alpha value is -0.190. The number of hydrogen-bond acceptors (Lipinski definition) is 3. The molecule has 1 fully saturated rings. The van der Waals surface area contributed by atoms with Gasteiger partial charge in [0, 0.05) is 18.7 Å². The van der Waals surface area contributed by atoms with E-state index in [1.54, 1.807) is 4.68 Å². The average Bonchev–Trinajstić information content (AvgIpc) is 2.67. The third-order valence-electron chi connectivity index (χ3n) is 4.17. The molecule has 114 valence electrons. The molecule has 0 aliphatic carbocycles. The first kappa shape index (κ1) is 16.2. The molecule has 0 spiro atoms. The van der Waals surface area contributed by atoms with Crippen LogP contribution in [0.25, 0.3) is 0 Å². The maximum absolute atomic E-state index is 6.37. The van der Waals surface area contributed by atoms with Crippen LogP contribution < -0.4 is 5.32 Å². The largest absolute Gasteiger partial charge is 0.314 e. The summed E-state index contributed by atoms with van der Waals surface area (Å²) in [5.74, 6) is 3.53. The van der Waals surface area contributed by atoms with Crippen LogP contribution in [-0.2, 0) is 13.5 Å². The Morgan fingerprint density at radius 2 is 2.15 bits per heavy atom. The van der Waals surface area contributed by atoms with Gasteiger partial charge in [0.05, 0.1) is 5.69 Å². The number of thioether (sulfide) groups is 1. The lowest BCUT2D eigenvalue weighted by molar-refractivity contribution is 0.366. The van der Waals surface area contributed by atoms with Crippen LogP contribution in [0, 0.1) is 12.8 Å². The zero-order valence-corrected chi connectivity index (χ0v) is 14.4. The van der Waals surface area contributed by atoms with Gasteiger partial charge in [0.25, 0.3) is 0 Å². The molecule has 1 saturated heterocycles. The van der Waals surface area contributed by atoms with Crippen molar-refractivity contribution in [1.29, 1.82) is 0 Å². The number of halogens is 1. The molecule has 1 aliphatic rings. The molecular weight excluding hydrogens is 290 g/mol. The molecule has 0 aromatic carbocycles. The van der Waals surface area contributed by atoms with Crippen LogP contribution in [-0.4, -0.2) is 33.9 Å². The molecule has 1 aromatic heterocycles. The van der Waals surface area contributed by atoms with Crippen LogP contribution in [0.5, 0.6) is 0 Å². The highest BCUT2D eigenvalue weighted by Crippen LogP contribution is 2.28. The summed E-state index contributed by atoms with van der Waals surface area (Å²) in [6.45, 7) is 5.26. The van der Waals surface area contributed by atoms with E-state index in [0.717, 1.165) is 29.7 Å². The smallest absolute Gasteiger partial charge is 0.130 e. The quantitative estimate of drug-likeness (QED) is 0.872. The van der Waals surface area contributed by atoms with Crippen molar-refractivity contribution >= 4 is 23.4 Å². The number of aryl methyl sites for hydroxylation is 2. The Morgan fingerprint density at radius 3 is 2.70 bits per heavy atom. The maximum atomic E-state index is 6.37. The predicted molar refractivity (Wildman–Crippen MR) is 88.8 cm³/mol. The Morgan fingerprint density at radius 1 is 1.45 bits per heavy atom. The van der Waals surface area contributed by atoms with Crippen LogP contribution in [0.1, 0.15) is 37.4 Å². The van der Waals surface area contributed by atoms with Crippen LogP contribution in [0.2, 0.25) is 5.15 Å². The molecule has 20 heavy (non-hydrogen) atoms. The van der Waals surface area contributed by atoms with E-state index < -0.39 is 0 Å². The van der Waals surface area contributed by atoms with Gasteiger partial charge in [0.2, 0.25) is 0 Å². The zero-order chi connectivity index (χ0) is 14.5. The van der Waals surface area contributed by atoms with Crippen molar-refractivity contribution in [1.82, 2.24) is 15.1 Å². The second kappa shape index (κ2) is 7.71. The summed E-state index contributed by atoms with van der Waals surface area (Å²) in [5.41, 5.74) is 2.28. The number of rotatable bonds is 6. The number of aromatic nitrogens is 2. The average molecular weight is 316 g/mol. The first-order chi connectivity index (χ1) is 9.61. The van der Waals surface area contributed by atoms with E-state index in [-0.39, 0.29) is 0 Å². The van der Waals surface area contributed by atoms with Crippen molar-refractivity contribution in [3.05, 3.63) is 16.4 Å². The van der Waals surface area contributed by atoms with Crippen molar-refractivity contribution in [2.75, 3.05) is 18.1 Å². The normalized spacial score (nSPS) is 18.4. The minimum Gasteiger partial charge on any atom is -0.314 e. The third kappa shape index (κ3) is 4.15. The fraction of sp³-hybridized carbons (Fsp3) is 0.800. The van der Waals surface area contributed by atoms with Crippen LogP contribution in [0.15, 0.2) is 0 Å². The molecule has 1 aliphatic heterocycles. The van der Waals surface area contributed by atoms with Gasteiger partial charge < -0.3 is 5.32 Å². The summed E-state index contributed by atoms with van der Waals surface area (Å²) in [6.07, 6.45) is 4.99. The summed E-state index contributed by atoms with van der Waals surface area (Å²) in [6, 6.07) is 0.522. The monoisotopic (exact) mass is 315 g/mol. The van der Waals surface area contributed by atoms with Crippen molar-refractivity contribution in [2.24, 2.45) is 13.0 Å². The van der Waals surface area contributed by atoms with Crippen LogP contribution in [0.3, 0.4) is 0 Å². The molecule has 0 saturated carbocycles. The van der Waals surface area contributed by atoms with Crippen molar-refractivity contribution < 1.29 is 0 Å². The third-order valence-corrected chi connectivity index (χ3v) is 5.69. The van der Waals surface area contributed by atoms with Gasteiger partial charge in [-0.3, -0.25) is 4.68 Å². The van der Waals surface area contributed by atoms with E-state index in [2.05, 4.69) is 36.0 Å². The lowest BCUT2D eigenvalue weighted by Gasteiger charge is -2.27. The van der Waals surface area contributed by atoms with Gasteiger partial charge in [-0.25, -0.2) is 0 Å². The second-order valence-electron chi connectivity index (χ2n) is 5.73. The predicted octanol–water partition coefficient (Wildman–Crippen LogP) is 3.44. The first-order valence-corrected chi connectivity index (χ1v) is 9.14. The van der Waals surface area contributed by atoms with Crippen molar-refractivity contribution in [3.63, 3.8) is 0 Å². The molecule has 5 heteroatoms. The van der Waals surface area contributed by atoms with E-state index in [1.165, 1.54) is 36.3 Å². The fourth-order valence-corrected chi connectivity index (χ4v) is 4.52. The summed E-state index contributed by atoms with van der Waals surface area (Å²) in [7, 11) is 1.92. The molecule has 1 aromatic rings. The van der Waals surface area contributed by atoms with Crippen molar-refractivity contribution in [2.45, 2.75) is 45.6 Å².